The summed E-state index contributed by atoms with van der Waals surface area (Å²) in [5, 5.41) is 10.3. The van der Waals surface area contributed by atoms with Crippen molar-refractivity contribution in [3.8, 4) is 5.75 Å². The van der Waals surface area contributed by atoms with Crippen molar-refractivity contribution < 1.29 is 14.4 Å². The zero-order valence-electron chi connectivity index (χ0n) is 9.35. The fourth-order valence-corrected chi connectivity index (χ4v) is 2.20. The number of fused-ring (bicyclic) bond motifs is 1. The number of halogens is 2. The normalized spacial score (nSPS) is 17.6. The second-order valence-electron chi connectivity index (χ2n) is 3.52. The Bertz CT molecular complexity index is 405. The van der Waals surface area contributed by atoms with Crippen molar-refractivity contribution >= 4 is 36.6 Å². The minimum Gasteiger partial charge on any atom is -0.494 e. The molecule has 0 spiro atoms. The van der Waals surface area contributed by atoms with E-state index in [2.05, 4.69) is 0 Å². The average molecular weight is 278 g/mol. The number of rotatable bonds is 3. The Hall–Kier alpha value is -0.455. The maximum absolute atomic E-state index is 9.80. The van der Waals surface area contributed by atoms with E-state index < -0.39 is 7.12 Å². The second-order valence-corrected chi connectivity index (χ2v) is 3.93. The van der Waals surface area contributed by atoms with E-state index >= 15 is 0 Å². The summed E-state index contributed by atoms with van der Waals surface area (Å²) in [6.07, 6.45) is -0.363. The Morgan fingerprint density at radius 1 is 1.59 bits per heavy atom. The summed E-state index contributed by atoms with van der Waals surface area (Å²) >= 11 is 6.08. The highest BCUT2D eigenvalue weighted by atomic mass is 35.5. The molecule has 7 heteroatoms. The van der Waals surface area contributed by atoms with E-state index in [0.29, 0.717) is 22.8 Å². The molecule has 3 N–H and O–H groups in total. The second kappa shape index (κ2) is 5.93. The van der Waals surface area contributed by atoms with Gasteiger partial charge in [-0.25, -0.2) is 0 Å². The lowest BCUT2D eigenvalue weighted by Gasteiger charge is -2.12. The molecule has 1 aromatic carbocycles. The number of hydrogen-bond donors (Lipinski definition) is 2. The van der Waals surface area contributed by atoms with Gasteiger partial charge in [-0.05, 0) is 19.1 Å². The van der Waals surface area contributed by atoms with Crippen LogP contribution in [0.3, 0.4) is 0 Å². The van der Waals surface area contributed by atoms with Gasteiger partial charge in [0.05, 0.1) is 12.7 Å². The molecule has 1 aromatic rings. The molecule has 4 nitrogen and oxygen atoms in total. The third kappa shape index (κ3) is 2.53. The van der Waals surface area contributed by atoms with Crippen molar-refractivity contribution in [2.45, 2.75) is 13.0 Å². The van der Waals surface area contributed by atoms with Crippen molar-refractivity contribution in [2.24, 2.45) is 5.73 Å². The van der Waals surface area contributed by atoms with Gasteiger partial charge < -0.3 is 20.1 Å². The van der Waals surface area contributed by atoms with Crippen LogP contribution in [0.1, 0.15) is 18.6 Å². The molecule has 0 fully saturated rings. The van der Waals surface area contributed by atoms with E-state index in [0.717, 1.165) is 5.56 Å². The largest absolute Gasteiger partial charge is 0.495 e. The first-order valence-corrected chi connectivity index (χ1v) is 5.55. The standard InChI is InChI=1S/C10H13BClNO3.ClH/c1-2-15-7-4-3-6(12)9-8(5-13)16-11(14)10(7)9;/h3-4,8,14H,2,5,13H2,1H3;1H/t8-;/m0./s1. The molecule has 0 amide bonds. The van der Waals surface area contributed by atoms with Crippen LogP contribution < -0.4 is 15.9 Å². The summed E-state index contributed by atoms with van der Waals surface area (Å²) in [5.41, 5.74) is 6.91. The van der Waals surface area contributed by atoms with Gasteiger partial charge in [0.15, 0.2) is 0 Å². The zero-order valence-corrected chi connectivity index (χ0v) is 10.9. The van der Waals surface area contributed by atoms with Crippen LogP contribution in [0.2, 0.25) is 5.02 Å². The molecule has 0 aliphatic carbocycles. The van der Waals surface area contributed by atoms with Crippen LogP contribution in [0.25, 0.3) is 0 Å². The molecular weight excluding hydrogens is 264 g/mol. The zero-order chi connectivity index (χ0) is 11.7. The summed E-state index contributed by atoms with van der Waals surface area (Å²) in [5.74, 6) is 0.602. The molecule has 1 aliphatic heterocycles. The van der Waals surface area contributed by atoms with Gasteiger partial charge in [0.1, 0.15) is 5.75 Å². The minimum absolute atomic E-state index is 0. The van der Waals surface area contributed by atoms with Crippen molar-refractivity contribution in [1.82, 2.24) is 0 Å². The smallest absolute Gasteiger partial charge is 0.494 e. The van der Waals surface area contributed by atoms with E-state index in [1.807, 2.05) is 6.92 Å². The lowest BCUT2D eigenvalue weighted by molar-refractivity contribution is 0.198. The Morgan fingerprint density at radius 2 is 2.29 bits per heavy atom. The van der Waals surface area contributed by atoms with Gasteiger partial charge in [0.2, 0.25) is 0 Å². The van der Waals surface area contributed by atoms with Crippen LogP contribution >= 0.6 is 24.0 Å². The van der Waals surface area contributed by atoms with E-state index in [9.17, 15) is 5.02 Å². The summed E-state index contributed by atoms with van der Waals surface area (Å²) in [6.45, 7) is 2.68. The predicted octanol–water partition coefficient (Wildman–Crippen LogP) is 0.878. The lowest BCUT2D eigenvalue weighted by atomic mass is 9.78. The number of nitrogens with two attached hydrogens (primary N) is 1. The molecule has 0 aromatic heterocycles. The summed E-state index contributed by atoms with van der Waals surface area (Å²) in [4.78, 5) is 0. The Balaban J connectivity index is 0.00000144. The topological polar surface area (TPSA) is 64.7 Å². The van der Waals surface area contributed by atoms with E-state index in [-0.39, 0.29) is 25.1 Å². The van der Waals surface area contributed by atoms with Gasteiger partial charge in [-0.1, -0.05) is 11.6 Å². The van der Waals surface area contributed by atoms with Crippen LogP contribution in [0, 0.1) is 0 Å². The molecular formula is C10H14BCl2NO3. The van der Waals surface area contributed by atoms with Gasteiger partial charge in [-0.3, -0.25) is 0 Å². The molecule has 0 saturated carbocycles. The first kappa shape index (κ1) is 14.6. The van der Waals surface area contributed by atoms with Crippen LogP contribution in [0.5, 0.6) is 5.75 Å². The summed E-state index contributed by atoms with van der Waals surface area (Å²) in [6, 6.07) is 3.46. The van der Waals surface area contributed by atoms with Gasteiger partial charge in [-0.2, -0.15) is 0 Å². The Morgan fingerprint density at radius 3 is 2.88 bits per heavy atom. The van der Waals surface area contributed by atoms with Crippen molar-refractivity contribution in [1.29, 1.82) is 0 Å². The van der Waals surface area contributed by atoms with Crippen molar-refractivity contribution in [3.05, 3.63) is 22.7 Å². The average Bonchev–Trinajstić information content (AvgIpc) is 2.61. The third-order valence-electron chi connectivity index (χ3n) is 2.57. The number of benzene rings is 1. The van der Waals surface area contributed by atoms with Gasteiger partial charge >= 0.3 is 7.12 Å². The van der Waals surface area contributed by atoms with Crippen LogP contribution in [0.15, 0.2) is 12.1 Å². The number of hydrogen-bond acceptors (Lipinski definition) is 4. The molecule has 1 atom stereocenters. The fraction of sp³-hybridized carbons (Fsp3) is 0.400. The first-order chi connectivity index (χ1) is 7.69. The molecule has 0 saturated heterocycles. The van der Waals surface area contributed by atoms with E-state index in [4.69, 9.17) is 26.7 Å². The van der Waals surface area contributed by atoms with E-state index in [1.165, 1.54) is 0 Å². The molecule has 0 radical (unpaired) electrons. The summed E-state index contributed by atoms with van der Waals surface area (Å²) in [7, 11) is -1.01. The minimum atomic E-state index is -1.01. The van der Waals surface area contributed by atoms with Crippen molar-refractivity contribution in [2.75, 3.05) is 13.2 Å². The monoisotopic (exact) mass is 277 g/mol. The highest BCUT2D eigenvalue weighted by molar-refractivity contribution is 6.63. The molecule has 1 heterocycles. The van der Waals surface area contributed by atoms with Gasteiger partial charge in [-0.15, -0.1) is 12.4 Å². The Labute approximate surface area is 112 Å². The maximum atomic E-state index is 9.80. The van der Waals surface area contributed by atoms with Crippen LogP contribution in [-0.2, 0) is 4.65 Å². The third-order valence-corrected chi connectivity index (χ3v) is 2.90. The SMILES string of the molecule is CCOc1ccc(Cl)c2c1B(O)O[C@H]2CN.Cl. The lowest BCUT2D eigenvalue weighted by Crippen LogP contribution is -2.30. The highest BCUT2D eigenvalue weighted by Crippen LogP contribution is 2.32. The van der Waals surface area contributed by atoms with E-state index in [1.54, 1.807) is 12.1 Å². The Kier molecular flexibility index (Phi) is 5.10. The number of ether oxygens (including phenoxy) is 1. The molecule has 0 unspecified atom stereocenters. The highest BCUT2D eigenvalue weighted by Gasteiger charge is 2.38. The fourth-order valence-electron chi connectivity index (χ4n) is 1.92. The molecule has 0 bridgehead atoms. The molecule has 2 rings (SSSR count). The van der Waals surface area contributed by atoms with Gasteiger partial charge in [0.25, 0.3) is 0 Å². The van der Waals surface area contributed by atoms with Crippen LogP contribution in [0.4, 0.5) is 0 Å². The quantitative estimate of drug-likeness (QED) is 0.805. The molecule has 1 aliphatic rings. The predicted molar refractivity (Wildman–Crippen MR) is 70.4 cm³/mol. The molecule has 17 heavy (non-hydrogen) atoms. The summed E-state index contributed by atoms with van der Waals surface area (Å²) < 4.78 is 10.7. The maximum Gasteiger partial charge on any atom is 0.495 e. The van der Waals surface area contributed by atoms with Crippen molar-refractivity contribution in [3.63, 3.8) is 0 Å². The first-order valence-electron chi connectivity index (χ1n) is 5.17. The van der Waals surface area contributed by atoms with Crippen LogP contribution in [-0.4, -0.2) is 25.3 Å². The van der Waals surface area contributed by atoms with Gasteiger partial charge in [0, 0.05) is 22.6 Å². The molecule has 94 valence electrons.